The summed E-state index contributed by atoms with van der Waals surface area (Å²) < 4.78 is 62.3. The summed E-state index contributed by atoms with van der Waals surface area (Å²) in [7, 11) is 1.40. The van der Waals surface area contributed by atoms with E-state index in [2.05, 4.69) is 4.98 Å². The van der Waals surface area contributed by atoms with Crippen LogP contribution in [0.5, 0.6) is 5.75 Å². The summed E-state index contributed by atoms with van der Waals surface area (Å²) in [5, 5.41) is 0.633. The molecule has 0 bridgehead atoms. The van der Waals surface area contributed by atoms with Crippen LogP contribution in [0.3, 0.4) is 0 Å². The van der Waals surface area contributed by atoms with Crippen LogP contribution in [0, 0.1) is 12.7 Å². The van der Waals surface area contributed by atoms with E-state index >= 15 is 0 Å². The number of hydrogen-bond acceptors (Lipinski definition) is 3. The van der Waals surface area contributed by atoms with Gasteiger partial charge in [0, 0.05) is 16.6 Å². The van der Waals surface area contributed by atoms with Gasteiger partial charge in [-0.3, -0.25) is 4.98 Å². The normalized spacial score (nSPS) is 14.5. The molecule has 0 spiro atoms. The van der Waals surface area contributed by atoms with Gasteiger partial charge in [-0.15, -0.1) is 0 Å². The Hall–Kier alpha value is -2.67. The van der Waals surface area contributed by atoms with E-state index in [-0.39, 0.29) is 0 Å². The first-order valence-corrected chi connectivity index (χ1v) is 9.91. The maximum atomic E-state index is 14.4. The van der Waals surface area contributed by atoms with E-state index in [1.807, 2.05) is 0 Å². The molecule has 1 atom stereocenters. The molecule has 3 nitrogen and oxygen atoms in total. The number of ether oxygens (including phenoxy) is 1. The third kappa shape index (κ3) is 4.66. The number of fused-ring (bicyclic) bond motifs is 1. The van der Waals surface area contributed by atoms with E-state index in [4.69, 9.17) is 10.5 Å². The van der Waals surface area contributed by atoms with E-state index in [0.29, 0.717) is 33.5 Å². The zero-order valence-electron chi connectivity index (χ0n) is 18.0. The summed E-state index contributed by atoms with van der Waals surface area (Å²) in [6.45, 7) is 4.98. The predicted molar refractivity (Wildman–Crippen MR) is 114 cm³/mol. The molecule has 0 radical (unpaired) electrons. The molecule has 0 aliphatic heterocycles. The van der Waals surface area contributed by atoms with Crippen molar-refractivity contribution >= 4 is 10.9 Å². The standard InChI is InChI=1S/C24H26F4N2O/c1-15-11-16(18-7-5-6-8-20(18)30-15)13-23(29,24(26,27)28)14-22(2,3)19-12-17(25)9-10-21(19)31-4/h5-12H,13-14,29H2,1-4H3. The van der Waals surface area contributed by atoms with Gasteiger partial charge in [-0.2, -0.15) is 13.2 Å². The average molecular weight is 434 g/mol. The first-order chi connectivity index (χ1) is 14.4. The number of nitrogens with zero attached hydrogens (tertiary/aromatic N) is 1. The fourth-order valence-electron chi connectivity index (χ4n) is 4.24. The molecule has 1 heterocycles. The van der Waals surface area contributed by atoms with Crippen molar-refractivity contribution in [1.29, 1.82) is 0 Å². The van der Waals surface area contributed by atoms with Gasteiger partial charge in [0.05, 0.1) is 12.6 Å². The summed E-state index contributed by atoms with van der Waals surface area (Å²) in [6.07, 6.45) is -5.58. The lowest BCUT2D eigenvalue weighted by atomic mass is 9.71. The topological polar surface area (TPSA) is 48.1 Å². The number of halogens is 4. The van der Waals surface area contributed by atoms with Gasteiger partial charge in [-0.1, -0.05) is 32.0 Å². The summed E-state index contributed by atoms with van der Waals surface area (Å²) in [5.74, 6) is -0.226. The van der Waals surface area contributed by atoms with Crippen LogP contribution in [0.2, 0.25) is 0 Å². The number of para-hydroxylation sites is 1. The third-order valence-electron chi connectivity index (χ3n) is 5.65. The van der Waals surface area contributed by atoms with E-state index in [1.165, 1.54) is 25.3 Å². The molecular weight excluding hydrogens is 408 g/mol. The van der Waals surface area contributed by atoms with Gasteiger partial charge < -0.3 is 10.5 Å². The van der Waals surface area contributed by atoms with E-state index in [0.717, 1.165) is 0 Å². The quantitative estimate of drug-likeness (QED) is 0.494. The Kier molecular flexibility index (Phi) is 6.02. The van der Waals surface area contributed by atoms with Crippen molar-refractivity contribution in [1.82, 2.24) is 4.98 Å². The highest BCUT2D eigenvalue weighted by Gasteiger charge is 2.54. The van der Waals surface area contributed by atoms with Gasteiger partial charge in [-0.05, 0) is 61.1 Å². The van der Waals surface area contributed by atoms with Gasteiger partial charge in [-0.25, -0.2) is 4.39 Å². The lowest BCUT2D eigenvalue weighted by Gasteiger charge is -2.39. The predicted octanol–water partition coefficient (Wildman–Crippen LogP) is 5.86. The molecule has 0 saturated heterocycles. The minimum absolute atomic E-state index is 0.320. The average Bonchev–Trinajstić information content (AvgIpc) is 2.66. The van der Waals surface area contributed by atoms with Gasteiger partial charge in [0.1, 0.15) is 17.1 Å². The Morgan fingerprint density at radius 3 is 2.35 bits per heavy atom. The first-order valence-electron chi connectivity index (χ1n) is 9.91. The van der Waals surface area contributed by atoms with Crippen molar-refractivity contribution in [3.05, 3.63) is 71.2 Å². The first kappa shape index (κ1) is 23.0. The van der Waals surface area contributed by atoms with E-state index < -0.39 is 35.8 Å². The molecule has 0 fully saturated rings. The molecule has 31 heavy (non-hydrogen) atoms. The monoisotopic (exact) mass is 434 g/mol. The van der Waals surface area contributed by atoms with Crippen molar-refractivity contribution in [2.75, 3.05) is 7.11 Å². The second-order valence-corrected chi connectivity index (χ2v) is 8.68. The molecule has 1 aromatic heterocycles. The van der Waals surface area contributed by atoms with Crippen molar-refractivity contribution in [2.45, 2.75) is 50.7 Å². The molecule has 3 aromatic rings. The molecule has 0 amide bonds. The second kappa shape index (κ2) is 8.11. The number of rotatable bonds is 6. The molecule has 1 unspecified atom stereocenters. The van der Waals surface area contributed by atoms with Crippen LogP contribution in [0.1, 0.15) is 37.1 Å². The van der Waals surface area contributed by atoms with Crippen LogP contribution in [0.4, 0.5) is 17.6 Å². The maximum Gasteiger partial charge on any atom is 0.406 e. The zero-order chi connectivity index (χ0) is 23.0. The molecule has 7 heteroatoms. The molecule has 3 rings (SSSR count). The number of methoxy groups -OCH3 is 1. The van der Waals surface area contributed by atoms with Crippen LogP contribution >= 0.6 is 0 Å². The Morgan fingerprint density at radius 1 is 1.03 bits per heavy atom. The van der Waals surface area contributed by atoms with Crippen LogP contribution in [-0.2, 0) is 11.8 Å². The van der Waals surface area contributed by atoms with Crippen LogP contribution in [0.25, 0.3) is 10.9 Å². The minimum Gasteiger partial charge on any atom is -0.496 e. The number of pyridine rings is 1. The third-order valence-corrected chi connectivity index (χ3v) is 5.65. The van der Waals surface area contributed by atoms with Crippen LogP contribution in [-0.4, -0.2) is 23.8 Å². The summed E-state index contributed by atoms with van der Waals surface area (Å²) >= 11 is 0. The Balaban J connectivity index is 2.08. The fourth-order valence-corrected chi connectivity index (χ4v) is 4.24. The molecule has 0 aliphatic carbocycles. The second-order valence-electron chi connectivity index (χ2n) is 8.68. The summed E-state index contributed by atoms with van der Waals surface area (Å²) in [5.41, 5.74) is 4.50. The molecule has 166 valence electrons. The van der Waals surface area contributed by atoms with Gasteiger partial charge in [0.25, 0.3) is 0 Å². The van der Waals surface area contributed by atoms with E-state index in [1.54, 1.807) is 51.1 Å². The Labute approximate surface area is 179 Å². The summed E-state index contributed by atoms with van der Waals surface area (Å²) in [4.78, 5) is 4.40. The number of aromatic nitrogens is 1. The van der Waals surface area contributed by atoms with Crippen LogP contribution < -0.4 is 10.5 Å². The number of nitrogens with two attached hydrogens (primary N) is 1. The number of alkyl halides is 3. The van der Waals surface area contributed by atoms with Crippen molar-refractivity contribution in [2.24, 2.45) is 5.73 Å². The molecule has 2 aromatic carbocycles. The number of aryl methyl sites for hydroxylation is 1. The SMILES string of the molecule is COc1ccc(F)cc1C(C)(C)CC(N)(Cc1cc(C)nc2ccccc12)C(F)(F)F. The minimum atomic E-state index is -4.69. The zero-order valence-corrected chi connectivity index (χ0v) is 18.0. The van der Waals surface area contributed by atoms with Crippen molar-refractivity contribution < 1.29 is 22.3 Å². The van der Waals surface area contributed by atoms with Gasteiger partial charge >= 0.3 is 6.18 Å². The molecule has 0 saturated carbocycles. The van der Waals surface area contributed by atoms with Gasteiger partial charge in [0.2, 0.25) is 0 Å². The molecule has 2 N–H and O–H groups in total. The van der Waals surface area contributed by atoms with Crippen molar-refractivity contribution in [3.8, 4) is 5.75 Å². The number of benzene rings is 2. The highest BCUT2D eigenvalue weighted by atomic mass is 19.4. The smallest absolute Gasteiger partial charge is 0.406 e. The maximum absolute atomic E-state index is 14.4. The lowest BCUT2D eigenvalue weighted by Crippen LogP contribution is -2.58. The lowest BCUT2D eigenvalue weighted by molar-refractivity contribution is -0.191. The largest absolute Gasteiger partial charge is 0.496 e. The van der Waals surface area contributed by atoms with Crippen molar-refractivity contribution in [3.63, 3.8) is 0 Å². The molecular formula is C24H26F4N2O. The van der Waals surface area contributed by atoms with Gasteiger partial charge in [0.15, 0.2) is 0 Å². The van der Waals surface area contributed by atoms with Crippen LogP contribution in [0.15, 0.2) is 48.5 Å². The highest BCUT2D eigenvalue weighted by Crippen LogP contribution is 2.44. The summed E-state index contributed by atoms with van der Waals surface area (Å²) in [6, 6.07) is 12.5. The Morgan fingerprint density at radius 2 is 1.71 bits per heavy atom. The number of hydrogen-bond donors (Lipinski definition) is 1. The van der Waals surface area contributed by atoms with E-state index in [9.17, 15) is 17.6 Å². The molecule has 0 aliphatic rings. The fraction of sp³-hybridized carbons (Fsp3) is 0.375. The highest BCUT2D eigenvalue weighted by molar-refractivity contribution is 5.82. The Bertz CT molecular complexity index is 1090.